The van der Waals surface area contributed by atoms with Crippen molar-refractivity contribution in [3.05, 3.63) is 33.9 Å². The summed E-state index contributed by atoms with van der Waals surface area (Å²) in [7, 11) is 0. The Labute approximate surface area is 123 Å². The van der Waals surface area contributed by atoms with Gasteiger partial charge in [-0.15, -0.1) is 0 Å². The Morgan fingerprint density at radius 3 is 2.62 bits per heavy atom. The number of hydrogen-bond acceptors (Lipinski definition) is 4. The van der Waals surface area contributed by atoms with Crippen LogP contribution in [-0.2, 0) is 4.79 Å². The van der Waals surface area contributed by atoms with E-state index in [1.54, 1.807) is 12.1 Å². The molecular formula is C15H20N2O4. The number of anilines is 1. The molecule has 1 aromatic carbocycles. The van der Waals surface area contributed by atoms with Crippen molar-refractivity contribution < 1.29 is 14.8 Å². The third-order valence-electron chi connectivity index (χ3n) is 4.05. The molecule has 1 aliphatic carbocycles. The first kappa shape index (κ1) is 15.3. The molecule has 0 aliphatic heterocycles. The van der Waals surface area contributed by atoms with E-state index in [0.29, 0.717) is 0 Å². The van der Waals surface area contributed by atoms with E-state index in [-0.39, 0.29) is 17.3 Å². The van der Waals surface area contributed by atoms with Gasteiger partial charge in [-0.1, -0.05) is 25.3 Å². The molecule has 21 heavy (non-hydrogen) atoms. The van der Waals surface area contributed by atoms with Crippen LogP contribution in [0.4, 0.5) is 11.4 Å². The number of carboxylic acids is 1. The Kier molecular flexibility index (Phi) is 4.77. The monoisotopic (exact) mass is 292 g/mol. The zero-order chi connectivity index (χ0) is 15.4. The summed E-state index contributed by atoms with van der Waals surface area (Å²) in [5, 5.41) is 23.4. The van der Waals surface area contributed by atoms with Gasteiger partial charge in [-0.2, -0.15) is 0 Å². The molecule has 1 aliphatic rings. The van der Waals surface area contributed by atoms with Crippen molar-refractivity contribution in [3.8, 4) is 0 Å². The summed E-state index contributed by atoms with van der Waals surface area (Å²) in [5.74, 6) is -0.922. The number of nitro benzene ring substituents is 1. The first-order chi connectivity index (χ1) is 9.99. The number of nitro groups is 1. The second-order valence-corrected chi connectivity index (χ2v) is 5.64. The standard InChI is InChI=1S/C15H20N2O4/c1-10-7-8-13(17(20)21)12(9-10)16-14(15(18)19)11-5-3-2-4-6-11/h7-9,11,14,16H,2-6H2,1H3,(H,18,19). The van der Waals surface area contributed by atoms with Gasteiger partial charge in [0.2, 0.25) is 0 Å². The molecule has 1 aromatic rings. The smallest absolute Gasteiger partial charge is 0.326 e. The summed E-state index contributed by atoms with van der Waals surface area (Å²) >= 11 is 0. The van der Waals surface area contributed by atoms with Crippen LogP contribution in [0.15, 0.2) is 18.2 Å². The average molecular weight is 292 g/mol. The minimum absolute atomic E-state index is 0.0244. The first-order valence-electron chi connectivity index (χ1n) is 7.23. The van der Waals surface area contributed by atoms with Gasteiger partial charge in [0.25, 0.3) is 5.69 Å². The van der Waals surface area contributed by atoms with Crippen molar-refractivity contribution in [3.63, 3.8) is 0 Å². The lowest BCUT2D eigenvalue weighted by atomic mass is 9.83. The van der Waals surface area contributed by atoms with E-state index in [4.69, 9.17) is 0 Å². The molecule has 0 spiro atoms. The number of carbonyl (C=O) groups is 1. The lowest BCUT2D eigenvalue weighted by molar-refractivity contribution is -0.384. The van der Waals surface area contributed by atoms with Crippen molar-refractivity contribution in [2.24, 2.45) is 5.92 Å². The molecule has 0 saturated heterocycles. The van der Waals surface area contributed by atoms with Gasteiger partial charge >= 0.3 is 5.97 Å². The SMILES string of the molecule is Cc1ccc([N+](=O)[O-])c(NC(C(=O)O)C2CCCCC2)c1. The molecular weight excluding hydrogens is 272 g/mol. The largest absolute Gasteiger partial charge is 0.480 e. The van der Waals surface area contributed by atoms with E-state index < -0.39 is 16.9 Å². The van der Waals surface area contributed by atoms with Crippen molar-refractivity contribution >= 4 is 17.3 Å². The zero-order valence-corrected chi connectivity index (χ0v) is 12.0. The zero-order valence-electron chi connectivity index (χ0n) is 12.0. The van der Waals surface area contributed by atoms with Crippen LogP contribution in [0.25, 0.3) is 0 Å². The summed E-state index contributed by atoms with van der Waals surface area (Å²) in [6.45, 7) is 1.82. The molecule has 2 N–H and O–H groups in total. The molecule has 0 aromatic heterocycles. The van der Waals surface area contributed by atoms with E-state index in [2.05, 4.69) is 5.32 Å². The summed E-state index contributed by atoms with van der Waals surface area (Å²) in [6.07, 6.45) is 4.87. The quantitative estimate of drug-likeness (QED) is 0.641. The molecule has 1 unspecified atom stereocenters. The molecule has 0 radical (unpaired) electrons. The van der Waals surface area contributed by atoms with Crippen LogP contribution in [0, 0.1) is 23.0 Å². The highest BCUT2D eigenvalue weighted by atomic mass is 16.6. The maximum atomic E-state index is 11.5. The molecule has 2 rings (SSSR count). The van der Waals surface area contributed by atoms with Gasteiger partial charge in [0.1, 0.15) is 11.7 Å². The van der Waals surface area contributed by atoms with Crippen LogP contribution in [-0.4, -0.2) is 22.0 Å². The fourth-order valence-corrected chi connectivity index (χ4v) is 2.94. The normalized spacial score (nSPS) is 17.2. The summed E-state index contributed by atoms with van der Waals surface area (Å²) in [5.41, 5.74) is 1.07. The van der Waals surface area contributed by atoms with Crippen LogP contribution in [0.3, 0.4) is 0 Å². The van der Waals surface area contributed by atoms with Crippen LogP contribution in [0.5, 0.6) is 0 Å². The molecule has 1 atom stereocenters. The lowest BCUT2D eigenvalue weighted by Gasteiger charge is -2.28. The topological polar surface area (TPSA) is 92.5 Å². The minimum atomic E-state index is -0.947. The minimum Gasteiger partial charge on any atom is -0.480 e. The van der Waals surface area contributed by atoms with Crippen LogP contribution < -0.4 is 5.32 Å². The van der Waals surface area contributed by atoms with Crippen molar-refractivity contribution in [2.75, 3.05) is 5.32 Å². The Bertz CT molecular complexity index is 538. The van der Waals surface area contributed by atoms with Gasteiger partial charge in [0.15, 0.2) is 0 Å². The molecule has 0 heterocycles. The van der Waals surface area contributed by atoms with E-state index in [9.17, 15) is 20.0 Å². The molecule has 0 amide bonds. The van der Waals surface area contributed by atoms with Crippen LogP contribution in [0.1, 0.15) is 37.7 Å². The number of aliphatic carboxylic acids is 1. The summed E-state index contributed by atoms with van der Waals surface area (Å²) < 4.78 is 0. The van der Waals surface area contributed by atoms with E-state index >= 15 is 0 Å². The third-order valence-corrected chi connectivity index (χ3v) is 4.05. The van der Waals surface area contributed by atoms with Crippen molar-refractivity contribution in [1.82, 2.24) is 0 Å². The van der Waals surface area contributed by atoms with Crippen molar-refractivity contribution in [2.45, 2.75) is 45.1 Å². The molecule has 1 fully saturated rings. The number of aryl methyl sites for hydroxylation is 1. The summed E-state index contributed by atoms with van der Waals surface area (Å²) in [4.78, 5) is 22.1. The molecule has 6 heteroatoms. The number of hydrogen-bond donors (Lipinski definition) is 2. The van der Waals surface area contributed by atoms with Crippen molar-refractivity contribution in [1.29, 1.82) is 0 Å². The van der Waals surface area contributed by atoms with Gasteiger partial charge in [-0.3, -0.25) is 10.1 Å². The van der Waals surface area contributed by atoms with Gasteiger partial charge in [-0.05, 0) is 37.3 Å². The number of nitrogens with zero attached hydrogens (tertiary/aromatic N) is 1. The highest BCUT2D eigenvalue weighted by molar-refractivity contribution is 5.79. The molecule has 114 valence electrons. The number of benzene rings is 1. The van der Waals surface area contributed by atoms with Gasteiger partial charge < -0.3 is 10.4 Å². The van der Waals surface area contributed by atoms with Crippen LogP contribution in [0.2, 0.25) is 0 Å². The maximum Gasteiger partial charge on any atom is 0.326 e. The highest BCUT2D eigenvalue weighted by Gasteiger charge is 2.31. The predicted octanol–water partition coefficient (Wildman–Crippen LogP) is 3.35. The Balaban J connectivity index is 2.26. The first-order valence-corrected chi connectivity index (χ1v) is 7.23. The summed E-state index contributed by atoms with van der Waals surface area (Å²) in [6, 6.07) is 3.93. The second kappa shape index (κ2) is 6.56. The number of nitrogens with one attached hydrogen (secondary N) is 1. The highest BCUT2D eigenvalue weighted by Crippen LogP contribution is 2.31. The molecule has 1 saturated carbocycles. The second-order valence-electron chi connectivity index (χ2n) is 5.64. The van der Waals surface area contributed by atoms with E-state index in [1.165, 1.54) is 6.07 Å². The Hall–Kier alpha value is -2.11. The van der Waals surface area contributed by atoms with Gasteiger partial charge in [0, 0.05) is 6.07 Å². The fourth-order valence-electron chi connectivity index (χ4n) is 2.94. The van der Waals surface area contributed by atoms with Gasteiger partial charge in [0.05, 0.1) is 4.92 Å². The lowest BCUT2D eigenvalue weighted by Crippen LogP contribution is -2.38. The maximum absolute atomic E-state index is 11.5. The molecule has 0 bridgehead atoms. The fraction of sp³-hybridized carbons (Fsp3) is 0.533. The Morgan fingerprint density at radius 1 is 1.38 bits per heavy atom. The van der Waals surface area contributed by atoms with Crippen LogP contribution >= 0.6 is 0 Å². The molecule has 6 nitrogen and oxygen atoms in total. The van der Waals surface area contributed by atoms with E-state index in [1.807, 2.05) is 6.92 Å². The number of carboxylic acid groups (broad SMARTS) is 1. The third kappa shape index (κ3) is 3.71. The Morgan fingerprint density at radius 2 is 2.05 bits per heavy atom. The predicted molar refractivity (Wildman–Crippen MR) is 79.5 cm³/mol. The van der Waals surface area contributed by atoms with Gasteiger partial charge in [-0.25, -0.2) is 4.79 Å². The van der Waals surface area contributed by atoms with E-state index in [0.717, 1.165) is 37.7 Å². The number of rotatable bonds is 5. The average Bonchev–Trinajstić information content (AvgIpc) is 2.45.